The van der Waals surface area contributed by atoms with E-state index in [1.165, 1.54) is 4.57 Å². The molecule has 2 aromatic heterocycles. The molecule has 39 heavy (non-hydrogen) atoms. The minimum Gasteiger partial charge on any atom is -0.460 e. The molecule has 3 aliphatic rings. The van der Waals surface area contributed by atoms with Gasteiger partial charge in [-0.1, -0.05) is 11.6 Å². The van der Waals surface area contributed by atoms with E-state index in [1.54, 1.807) is 13.2 Å². The molecule has 0 radical (unpaired) electrons. The van der Waals surface area contributed by atoms with Crippen LogP contribution in [0, 0.1) is 5.41 Å². The van der Waals surface area contributed by atoms with Crippen molar-refractivity contribution in [2.24, 2.45) is 12.5 Å². The zero-order valence-electron chi connectivity index (χ0n) is 21.9. The molecule has 2 saturated heterocycles. The molecule has 0 atom stereocenters. The summed E-state index contributed by atoms with van der Waals surface area (Å²) in [6, 6.07) is 5.50. The predicted octanol–water partition coefficient (Wildman–Crippen LogP) is 3.15. The Hall–Kier alpha value is -3.86. The van der Waals surface area contributed by atoms with E-state index in [9.17, 15) is 14.4 Å². The van der Waals surface area contributed by atoms with E-state index in [0.29, 0.717) is 58.7 Å². The van der Waals surface area contributed by atoms with Gasteiger partial charge in [0.15, 0.2) is 5.82 Å². The minimum atomic E-state index is -0.635. The second-order valence-corrected chi connectivity index (χ2v) is 10.9. The maximum absolute atomic E-state index is 12.9. The Morgan fingerprint density at radius 2 is 1.90 bits per heavy atom. The third-order valence-electron chi connectivity index (χ3n) is 8.18. The summed E-state index contributed by atoms with van der Waals surface area (Å²) in [5.74, 6) is 0.611. The van der Waals surface area contributed by atoms with Crippen LogP contribution in [0.5, 0.6) is 0 Å². The van der Waals surface area contributed by atoms with Crippen molar-refractivity contribution in [3.8, 4) is 0 Å². The highest BCUT2D eigenvalue weighted by Crippen LogP contribution is 2.41. The fraction of sp³-hybridized carbons (Fsp3) is 0.444. The number of anilines is 4. The number of halogens is 1. The number of esters is 1. The average Bonchev–Trinajstić information content (AvgIpc) is 3.13. The predicted molar refractivity (Wildman–Crippen MR) is 149 cm³/mol. The number of nitrogens with zero attached hydrogens (tertiary/aromatic N) is 5. The van der Waals surface area contributed by atoms with Crippen LogP contribution >= 0.6 is 11.6 Å². The largest absolute Gasteiger partial charge is 0.460 e. The number of carbonyl (C=O) groups is 2. The fourth-order valence-corrected chi connectivity index (χ4v) is 6.13. The number of rotatable bonds is 3. The summed E-state index contributed by atoms with van der Waals surface area (Å²) in [6.45, 7) is 2.79. The van der Waals surface area contributed by atoms with Crippen LogP contribution in [-0.4, -0.2) is 71.1 Å². The Bertz CT molecular complexity index is 1550. The van der Waals surface area contributed by atoms with Gasteiger partial charge in [-0.2, -0.15) is 4.98 Å². The highest BCUT2D eigenvalue weighted by molar-refractivity contribution is 6.33. The smallest absolute Gasteiger partial charge is 0.346 e. The molecule has 2 fully saturated rings. The number of aryl methyl sites for hydroxylation is 1. The van der Waals surface area contributed by atoms with Crippen LogP contribution in [0.3, 0.4) is 0 Å². The number of benzene rings is 1. The van der Waals surface area contributed by atoms with Gasteiger partial charge in [-0.25, -0.2) is 9.78 Å². The van der Waals surface area contributed by atoms with E-state index in [-0.39, 0.29) is 23.5 Å². The summed E-state index contributed by atoms with van der Waals surface area (Å²) in [7, 11) is 3.52. The van der Waals surface area contributed by atoms with Crippen LogP contribution < -0.4 is 21.1 Å². The molecular formula is C27H30ClN7O4. The number of carbonyl (C=O) groups excluding carboxylic acids is 2. The molecule has 1 amide bonds. The highest BCUT2D eigenvalue weighted by atomic mass is 35.5. The van der Waals surface area contributed by atoms with Gasteiger partial charge in [0.1, 0.15) is 17.2 Å². The van der Waals surface area contributed by atoms with Gasteiger partial charge in [0.05, 0.1) is 22.8 Å². The van der Waals surface area contributed by atoms with E-state index in [1.807, 2.05) is 30.1 Å². The van der Waals surface area contributed by atoms with Gasteiger partial charge in [0.25, 0.3) is 5.56 Å². The summed E-state index contributed by atoms with van der Waals surface area (Å²) >= 11 is 6.48. The Balaban J connectivity index is 1.28. The zero-order valence-corrected chi connectivity index (χ0v) is 22.7. The molecule has 0 bridgehead atoms. The minimum absolute atomic E-state index is 0.00693. The fourth-order valence-electron chi connectivity index (χ4n) is 5.99. The number of ether oxygens (including phenoxy) is 1. The van der Waals surface area contributed by atoms with Crippen molar-refractivity contribution in [2.75, 3.05) is 55.4 Å². The van der Waals surface area contributed by atoms with Gasteiger partial charge in [0.2, 0.25) is 11.9 Å². The van der Waals surface area contributed by atoms with Crippen LogP contribution in [-0.2, 0) is 16.6 Å². The first-order valence-electron chi connectivity index (χ1n) is 13.2. The van der Waals surface area contributed by atoms with Gasteiger partial charge in [-0.15, -0.1) is 0 Å². The van der Waals surface area contributed by atoms with Crippen LogP contribution in [0.4, 0.5) is 23.1 Å². The Kier molecular flexibility index (Phi) is 6.33. The maximum atomic E-state index is 12.9. The first-order chi connectivity index (χ1) is 18.8. The molecule has 2 N–H and O–H groups in total. The van der Waals surface area contributed by atoms with Crippen molar-refractivity contribution in [3.63, 3.8) is 0 Å². The second kappa shape index (κ2) is 9.71. The number of fused-ring (bicyclic) bond motifs is 3. The lowest BCUT2D eigenvalue weighted by molar-refractivity contribution is -0.146. The standard InChI is InChI=1S/C27H30ClN7O4/c1-33-10-3-6-27(25(33)38)7-11-35(12-8-27)26-30-15-18(28)22(32-26)31-16-4-5-19-17(14-16)21-20(23(36)34(19)2)24(37)39-13-9-29-21/h4-5,14-15,29H,3,6-13H2,1-2H3,(H,30,31,32). The summed E-state index contributed by atoms with van der Waals surface area (Å²) in [5, 5.41) is 7.52. The van der Waals surface area contributed by atoms with Crippen molar-refractivity contribution in [2.45, 2.75) is 25.7 Å². The molecule has 0 unspecified atom stereocenters. The number of piperidine rings is 2. The summed E-state index contributed by atoms with van der Waals surface area (Å²) in [5.41, 5.74) is 1.12. The normalized spacial score (nSPS) is 18.9. The molecule has 1 spiro atoms. The lowest BCUT2D eigenvalue weighted by Crippen LogP contribution is -2.52. The first kappa shape index (κ1) is 25.4. The topological polar surface area (TPSA) is 122 Å². The number of cyclic esters (lactones) is 1. The number of likely N-dealkylation sites (tertiary alicyclic amines) is 1. The van der Waals surface area contributed by atoms with Gasteiger partial charge >= 0.3 is 5.97 Å². The Morgan fingerprint density at radius 3 is 2.69 bits per heavy atom. The van der Waals surface area contributed by atoms with Crippen LogP contribution in [0.1, 0.15) is 36.0 Å². The molecule has 3 aromatic rings. The van der Waals surface area contributed by atoms with Gasteiger partial charge in [-0.05, 0) is 43.9 Å². The van der Waals surface area contributed by atoms with E-state index in [4.69, 9.17) is 21.3 Å². The second-order valence-electron chi connectivity index (χ2n) is 10.5. The van der Waals surface area contributed by atoms with Crippen molar-refractivity contribution >= 4 is 57.5 Å². The SMILES string of the molecule is CN1CCCC2(CCN(c3ncc(Cl)c(Nc4ccc5c(c4)c4c(c(=O)n5C)C(=O)OCCN4)n3)CC2)C1=O. The van der Waals surface area contributed by atoms with E-state index >= 15 is 0 Å². The van der Waals surface area contributed by atoms with Gasteiger partial charge in [0, 0.05) is 51.3 Å². The molecule has 11 nitrogen and oxygen atoms in total. The first-order valence-corrected chi connectivity index (χ1v) is 13.5. The number of pyridine rings is 1. The Labute approximate surface area is 230 Å². The van der Waals surface area contributed by atoms with Crippen molar-refractivity contribution < 1.29 is 14.3 Å². The van der Waals surface area contributed by atoms with E-state index < -0.39 is 11.5 Å². The van der Waals surface area contributed by atoms with Crippen molar-refractivity contribution in [3.05, 3.63) is 45.3 Å². The average molecular weight is 552 g/mol. The monoisotopic (exact) mass is 551 g/mol. The molecule has 0 aliphatic carbocycles. The van der Waals surface area contributed by atoms with Crippen LogP contribution in [0.15, 0.2) is 29.2 Å². The lowest BCUT2D eigenvalue weighted by atomic mass is 9.72. The van der Waals surface area contributed by atoms with Crippen molar-refractivity contribution in [1.29, 1.82) is 0 Å². The van der Waals surface area contributed by atoms with Crippen molar-refractivity contribution in [1.82, 2.24) is 19.4 Å². The number of hydrogen-bond donors (Lipinski definition) is 2. The maximum Gasteiger partial charge on any atom is 0.346 e. The summed E-state index contributed by atoms with van der Waals surface area (Å²) in [6.07, 6.45) is 5.09. The third-order valence-corrected chi connectivity index (χ3v) is 8.46. The van der Waals surface area contributed by atoms with Gasteiger partial charge in [-0.3, -0.25) is 9.59 Å². The molecule has 204 valence electrons. The molecule has 12 heteroatoms. The molecule has 0 saturated carbocycles. The lowest BCUT2D eigenvalue weighted by Gasteiger charge is -2.45. The van der Waals surface area contributed by atoms with Crippen LogP contribution in [0.2, 0.25) is 5.02 Å². The summed E-state index contributed by atoms with van der Waals surface area (Å²) < 4.78 is 6.63. The number of amides is 1. The molecular weight excluding hydrogens is 522 g/mol. The Morgan fingerprint density at radius 1 is 1.10 bits per heavy atom. The molecule has 1 aromatic carbocycles. The van der Waals surface area contributed by atoms with E-state index in [0.717, 1.165) is 32.2 Å². The van der Waals surface area contributed by atoms with E-state index in [2.05, 4.69) is 20.5 Å². The summed E-state index contributed by atoms with van der Waals surface area (Å²) in [4.78, 5) is 51.4. The molecule has 3 aliphatic heterocycles. The van der Waals surface area contributed by atoms with Crippen LogP contribution in [0.25, 0.3) is 10.9 Å². The number of aromatic nitrogens is 3. The van der Waals surface area contributed by atoms with Gasteiger partial charge < -0.3 is 29.7 Å². The molecule has 5 heterocycles. The number of nitrogens with one attached hydrogen (secondary N) is 2. The zero-order chi connectivity index (χ0) is 27.3. The quantitative estimate of drug-likeness (QED) is 0.473. The number of hydrogen-bond acceptors (Lipinski definition) is 9. The third kappa shape index (κ3) is 4.34. The molecule has 6 rings (SSSR count). The highest BCUT2D eigenvalue weighted by Gasteiger charge is 2.45.